The first-order valence-electron chi connectivity index (χ1n) is 8.15. The van der Waals surface area contributed by atoms with E-state index in [-0.39, 0.29) is 6.04 Å². The Bertz CT molecular complexity index is 383. The molecule has 1 saturated carbocycles. The van der Waals surface area contributed by atoms with Crippen LogP contribution in [0.15, 0.2) is 0 Å². The Labute approximate surface area is 124 Å². The average molecular weight is 302 g/mol. The van der Waals surface area contributed by atoms with Crippen molar-refractivity contribution in [2.45, 2.75) is 57.9 Å². The standard InChI is InChI=1S/C15H30N2O2S/c1-13-3-5-15(6-4-13)17(2)20(18,19)12-9-14-7-10-16-11-8-14/h13-16H,3-12H2,1-2H3. The minimum atomic E-state index is -3.06. The van der Waals surface area contributed by atoms with Crippen molar-refractivity contribution in [2.24, 2.45) is 11.8 Å². The zero-order valence-corrected chi connectivity index (χ0v) is 13.8. The van der Waals surface area contributed by atoms with Crippen LogP contribution in [-0.2, 0) is 10.0 Å². The monoisotopic (exact) mass is 302 g/mol. The lowest BCUT2D eigenvalue weighted by atomic mass is 9.87. The first-order valence-corrected chi connectivity index (χ1v) is 9.76. The van der Waals surface area contributed by atoms with Gasteiger partial charge in [0.25, 0.3) is 0 Å². The fourth-order valence-corrected chi connectivity index (χ4v) is 5.05. The van der Waals surface area contributed by atoms with E-state index in [2.05, 4.69) is 12.2 Å². The molecule has 0 spiro atoms. The maximum Gasteiger partial charge on any atom is 0.214 e. The molecular weight excluding hydrogens is 272 g/mol. The van der Waals surface area contributed by atoms with E-state index < -0.39 is 10.0 Å². The zero-order valence-electron chi connectivity index (χ0n) is 13.0. The van der Waals surface area contributed by atoms with Gasteiger partial charge in [0.05, 0.1) is 5.75 Å². The number of sulfonamides is 1. The number of piperidine rings is 1. The summed E-state index contributed by atoms with van der Waals surface area (Å²) in [6, 6.07) is 0.240. The summed E-state index contributed by atoms with van der Waals surface area (Å²) < 4.78 is 26.6. The van der Waals surface area contributed by atoms with E-state index in [0.717, 1.165) is 51.1 Å². The van der Waals surface area contributed by atoms with Gasteiger partial charge in [-0.25, -0.2) is 12.7 Å². The Morgan fingerprint density at radius 1 is 1.05 bits per heavy atom. The molecule has 0 aromatic heterocycles. The van der Waals surface area contributed by atoms with Gasteiger partial charge in [0, 0.05) is 13.1 Å². The summed E-state index contributed by atoms with van der Waals surface area (Å²) in [5, 5.41) is 3.33. The molecule has 20 heavy (non-hydrogen) atoms. The smallest absolute Gasteiger partial charge is 0.214 e. The molecule has 1 N–H and O–H groups in total. The van der Waals surface area contributed by atoms with Crippen LogP contribution in [0.3, 0.4) is 0 Å². The Morgan fingerprint density at radius 3 is 2.25 bits per heavy atom. The summed E-state index contributed by atoms with van der Waals surface area (Å²) >= 11 is 0. The van der Waals surface area contributed by atoms with Crippen molar-refractivity contribution in [3.8, 4) is 0 Å². The molecule has 1 heterocycles. The molecule has 0 unspecified atom stereocenters. The topological polar surface area (TPSA) is 49.4 Å². The van der Waals surface area contributed by atoms with Crippen molar-refractivity contribution >= 4 is 10.0 Å². The lowest BCUT2D eigenvalue weighted by Crippen LogP contribution is -2.41. The molecule has 4 nitrogen and oxygen atoms in total. The maximum atomic E-state index is 12.5. The van der Waals surface area contributed by atoms with Crippen LogP contribution >= 0.6 is 0 Å². The lowest BCUT2D eigenvalue weighted by Gasteiger charge is -2.33. The number of nitrogens with one attached hydrogen (secondary N) is 1. The van der Waals surface area contributed by atoms with Gasteiger partial charge in [-0.3, -0.25) is 0 Å². The molecular formula is C15H30N2O2S. The highest BCUT2D eigenvalue weighted by atomic mass is 32.2. The third-order valence-electron chi connectivity index (χ3n) is 5.18. The van der Waals surface area contributed by atoms with Crippen LogP contribution in [0.2, 0.25) is 0 Å². The first-order chi connectivity index (χ1) is 9.49. The van der Waals surface area contributed by atoms with Gasteiger partial charge in [0.1, 0.15) is 0 Å². The molecule has 0 aromatic rings. The normalized spacial score (nSPS) is 29.8. The van der Waals surface area contributed by atoms with Crippen molar-refractivity contribution in [2.75, 3.05) is 25.9 Å². The third-order valence-corrected chi connectivity index (χ3v) is 7.11. The van der Waals surface area contributed by atoms with E-state index >= 15 is 0 Å². The van der Waals surface area contributed by atoms with E-state index in [0.29, 0.717) is 11.7 Å². The summed E-state index contributed by atoms with van der Waals surface area (Å²) in [7, 11) is -1.27. The van der Waals surface area contributed by atoms with Crippen LogP contribution in [0.25, 0.3) is 0 Å². The highest BCUT2D eigenvalue weighted by Crippen LogP contribution is 2.28. The van der Waals surface area contributed by atoms with Gasteiger partial charge in [-0.05, 0) is 69.9 Å². The molecule has 0 amide bonds. The third kappa shape index (κ3) is 4.43. The first kappa shape index (κ1) is 16.2. The van der Waals surface area contributed by atoms with Crippen molar-refractivity contribution in [1.82, 2.24) is 9.62 Å². The van der Waals surface area contributed by atoms with Gasteiger partial charge in [-0.15, -0.1) is 0 Å². The van der Waals surface area contributed by atoms with Crippen LogP contribution in [0.5, 0.6) is 0 Å². The van der Waals surface area contributed by atoms with Crippen molar-refractivity contribution in [3.63, 3.8) is 0 Å². The summed E-state index contributed by atoms with van der Waals surface area (Å²) in [6.07, 6.45) is 7.48. The second kappa shape index (κ2) is 7.23. The zero-order chi connectivity index (χ0) is 14.6. The molecule has 1 aliphatic heterocycles. The van der Waals surface area contributed by atoms with Crippen molar-refractivity contribution < 1.29 is 8.42 Å². The largest absolute Gasteiger partial charge is 0.317 e. The highest BCUT2D eigenvalue weighted by Gasteiger charge is 2.29. The predicted molar refractivity (Wildman–Crippen MR) is 83.2 cm³/mol. The summed E-state index contributed by atoms with van der Waals surface area (Å²) in [5.74, 6) is 1.68. The molecule has 118 valence electrons. The van der Waals surface area contributed by atoms with Gasteiger partial charge in [-0.1, -0.05) is 6.92 Å². The SMILES string of the molecule is CC1CCC(N(C)S(=O)(=O)CCC2CCNCC2)CC1. The number of hydrogen-bond acceptors (Lipinski definition) is 3. The molecule has 2 fully saturated rings. The molecule has 5 heteroatoms. The Balaban J connectivity index is 1.82. The minimum Gasteiger partial charge on any atom is -0.317 e. The molecule has 1 saturated heterocycles. The summed E-state index contributed by atoms with van der Waals surface area (Å²) in [5.41, 5.74) is 0. The van der Waals surface area contributed by atoms with E-state index in [1.807, 2.05) is 0 Å². The van der Waals surface area contributed by atoms with Crippen LogP contribution in [0.4, 0.5) is 0 Å². The summed E-state index contributed by atoms with van der Waals surface area (Å²) in [4.78, 5) is 0. The lowest BCUT2D eigenvalue weighted by molar-refractivity contribution is 0.245. The van der Waals surface area contributed by atoms with Crippen LogP contribution in [0, 0.1) is 11.8 Å². The van der Waals surface area contributed by atoms with E-state index in [9.17, 15) is 8.42 Å². The van der Waals surface area contributed by atoms with Gasteiger partial charge >= 0.3 is 0 Å². The van der Waals surface area contributed by atoms with E-state index in [4.69, 9.17) is 0 Å². The molecule has 0 bridgehead atoms. The molecule has 2 aliphatic rings. The Kier molecular flexibility index (Phi) is 5.87. The second-order valence-corrected chi connectivity index (χ2v) is 8.88. The molecule has 2 rings (SSSR count). The van der Waals surface area contributed by atoms with Crippen LogP contribution < -0.4 is 5.32 Å². The van der Waals surface area contributed by atoms with Gasteiger partial charge < -0.3 is 5.32 Å². The second-order valence-electron chi connectivity index (χ2n) is 6.73. The van der Waals surface area contributed by atoms with E-state index in [1.54, 1.807) is 11.4 Å². The molecule has 1 aliphatic carbocycles. The number of nitrogens with zero attached hydrogens (tertiary/aromatic N) is 1. The number of hydrogen-bond donors (Lipinski definition) is 1. The maximum absolute atomic E-state index is 12.5. The molecule has 0 aromatic carbocycles. The Morgan fingerprint density at radius 2 is 1.65 bits per heavy atom. The average Bonchev–Trinajstić information content (AvgIpc) is 2.46. The van der Waals surface area contributed by atoms with Gasteiger partial charge in [-0.2, -0.15) is 0 Å². The van der Waals surface area contributed by atoms with Crippen LogP contribution in [-0.4, -0.2) is 44.7 Å². The fraction of sp³-hybridized carbons (Fsp3) is 1.00. The molecule has 0 atom stereocenters. The van der Waals surface area contributed by atoms with E-state index in [1.165, 1.54) is 12.8 Å². The van der Waals surface area contributed by atoms with Crippen LogP contribution in [0.1, 0.15) is 51.9 Å². The van der Waals surface area contributed by atoms with Gasteiger partial charge in [0.15, 0.2) is 0 Å². The Hall–Kier alpha value is -0.130. The summed E-state index contributed by atoms with van der Waals surface area (Å²) in [6.45, 7) is 4.35. The fourth-order valence-electron chi connectivity index (χ4n) is 3.46. The predicted octanol–water partition coefficient (Wildman–Crippen LogP) is 2.22. The molecule has 0 radical (unpaired) electrons. The minimum absolute atomic E-state index is 0.240. The quantitative estimate of drug-likeness (QED) is 0.847. The highest BCUT2D eigenvalue weighted by molar-refractivity contribution is 7.89. The van der Waals surface area contributed by atoms with Gasteiger partial charge in [0.2, 0.25) is 10.0 Å². The van der Waals surface area contributed by atoms with Crippen molar-refractivity contribution in [3.05, 3.63) is 0 Å². The number of rotatable bonds is 5. The van der Waals surface area contributed by atoms with Crippen molar-refractivity contribution in [1.29, 1.82) is 0 Å².